The Bertz CT molecular complexity index is 690. The van der Waals surface area contributed by atoms with E-state index in [1.54, 1.807) is 24.3 Å². The molecule has 2 N–H and O–H groups in total. The molecule has 1 aliphatic carbocycles. The molecule has 0 spiro atoms. The molecule has 0 aliphatic heterocycles. The second kappa shape index (κ2) is 7.13. The lowest BCUT2D eigenvalue weighted by molar-refractivity contribution is 0.0908. The van der Waals surface area contributed by atoms with E-state index in [-0.39, 0.29) is 18.6 Å². The third-order valence-corrected chi connectivity index (χ3v) is 4.09. The number of benzene rings is 1. The summed E-state index contributed by atoms with van der Waals surface area (Å²) in [5.74, 6) is 1.92. The quantitative estimate of drug-likeness (QED) is 0.815. The maximum Gasteiger partial charge on any atom is 0.257 e. The van der Waals surface area contributed by atoms with Gasteiger partial charge in [0.15, 0.2) is 5.82 Å². The van der Waals surface area contributed by atoms with Crippen molar-refractivity contribution in [2.45, 2.75) is 45.1 Å². The molecule has 1 unspecified atom stereocenters. The van der Waals surface area contributed by atoms with Gasteiger partial charge in [-0.25, -0.2) is 0 Å². The highest BCUT2D eigenvalue weighted by Gasteiger charge is 2.29. The predicted molar refractivity (Wildman–Crippen MR) is 89.5 cm³/mol. The first kappa shape index (κ1) is 16.6. The second-order valence-electron chi connectivity index (χ2n) is 6.79. The Balaban J connectivity index is 1.65. The fourth-order valence-electron chi connectivity index (χ4n) is 2.64. The molecule has 2 aromatic rings. The number of hydrogen-bond donors (Lipinski definition) is 2. The Kier molecular flexibility index (Phi) is 4.94. The zero-order chi connectivity index (χ0) is 17.1. The smallest absolute Gasteiger partial charge is 0.257 e. The van der Waals surface area contributed by atoms with Gasteiger partial charge in [-0.2, -0.15) is 4.98 Å². The zero-order valence-corrected chi connectivity index (χ0v) is 14.0. The van der Waals surface area contributed by atoms with Crippen molar-refractivity contribution in [3.05, 3.63) is 35.7 Å². The van der Waals surface area contributed by atoms with Gasteiger partial charge in [0.05, 0.1) is 12.6 Å². The standard InChI is InChI=1S/C18H23N3O3/c1-11(2)9-15(10-22)19-17(23)13-5-7-14(8-6-13)18-20-16(21-24-18)12-3-4-12/h5-8,11-12,15,22H,3-4,9-10H2,1-2H3,(H,19,23). The van der Waals surface area contributed by atoms with E-state index in [2.05, 4.69) is 29.3 Å². The molecule has 1 amide bonds. The van der Waals surface area contributed by atoms with E-state index in [4.69, 9.17) is 4.52 Å². The summed E-state index contributed by atoms with van der Waals surface area (Å²) in [5.41, 5.74) is 1.34. The number of carbonyl (C=O) groups excluding carboxylic acids is 1. The summed E-state index contributed by atoms with van der Waals surface area (Å²) in [6.45, 7) is 4.06. The van der Waals surface area contributed by atoms with Gasteiger partial charge < -0.3 is 14.9 Å². The number of amides is 1. The molecule has 1 fully saturated rings. The molecule has 0 bridgehead atoms. The molecule has 1 aromatic heterocycles. The summed E-state index contributed by atoms with van der Waals surface area (Å²) in [6, 6.07) is 6.84. The third-order valence-electron chi connectivity index (χ3n) is 4.09. The summed E-state index contributed by atoms with van der Waals surface area (Å²) in [6.07, 6.45) is 2.99. The van der Waals surface area contributed by atoms with Crippen LogP contribution >= 0.6 is 0 Å². The average Bonchev–Trinajstić information content (AvgIpc) is 3.31. The van der Waals surface area contributed by atoms with E-state index in [1.165, 1.54) is 0 Å². The normalized spacial score (nSPS) is 15.5. The largest absolute Gasteiger partial charge is 0.394 e. The molecule has 6 nitrogen and oxygen atoms in total. The Morgan fingerprint density at radius 2 is 2.04 bits per heavy atom. The molecule has 0 saturated heterocycles. The van der Waals surface area contributed by atoms with Gasteiger partial charge in [0.2, 0.25) is 0 Å². The Morgan fingerprint density at radius 1 is 1.33 bits per heavy atom. The van der Waals surface area contributed by atoms with Gasteiger partial charge in [-0.15, -0.1) is 0 Å². The number of hydrogen-bond acceptors (Lipinski definition) is 5. The van der Waals surface area contributed by atoms with E-state index in [0.29, 0.717) is 23.3 Å². The van der Waals surface area contributed by atoms with Crippen LogP contribution in [-0.2, 0) is 0 Å². The van der Waals surface area contributed by atoms with Crippen LogP contribution in [0.15, 0.2) is 28.8 Å². The van der Waals surface area contributed by atoms with Crippen molar-refractivity contribution >= 4 is 5.91 Å². The minimum Gasteiger partial charge on any atom is -0.394 e. The van der Waals surface area contributed by atoms with Crippen LogP contribution in [-0.4, -0.2) is 33.8 Å². The Hall–Kier alpha value is -2.21. The lowest BCUT2D eigenvalue weighted by Gasteiger charge is -2.18. The number of nitrogens with one attached hydrogen (secondary N) is 1. The molecule has 24 heavy (non-hydrogen) atoms. The summed E-state index contributed by atoms with van der Waals surface area (Å²) in [7, 11) is 0. The fraction of sp³-hybridized carbons (Fsp3) is 0.500. The van der Waals surface area contributed by atoms with Gasteiger partial charge in [-0.05, 0) is 49.4 Å². The SMILES string of the molecule is CC(C)CC(CO)NC(=O)c1ccc(-c2nc(C3CC3)no2)cc1. The topological polar surface area (TPSA) is 88.2 Å². The first-order chi connectivity index (χ1) is 11.6. The molecule has 1 atom stereocenters. The summed E-state index contributed by atoms with van der Waals surface area (Å²) >= 11 is 0. The van der Waals surface area contributed by atoms with Crippen molar-refractivity contribution in [1.82, 2.24) is 15.5 Å². The van der Waals surface area contributed by atoms with E-state index >= 15 is 0 Å². The highest BCUT2D eigenvalue weighted by atomic mass is 16.5. The van der Waals surface area contributed by atoms with Gasteiger partial charge in [0.1, 0.15) is 0 Å². The van der Waals surface area contributed by atoms with Crippen LogP contribution in [0.2, 0.25) is 0 Å². The van der Waals surface area contributed by atoms with Crippen LogP contribution in [0.5, 0.6) is 0 Å². The number of rotatable bonds is 7. The monoisotopic (exact) mass is 329 g/mol. The van der Waals surface area contributed by atoms with E-state index in [1.807, 2.05) is 0 Å². The molecule has 6 heteroatoms. The molecular formula is C18H23N3O3. The van der Waals surface area contributed by atoms with Crippen molar-refractivity contribution in [3.63, 3.8) is 0 Å². The number of aromatic nitrogens is 2. The fourth-order valence-corrected chi connectivity index (χ4v) is 2.64. The van der Waals surface area contributed by atoms with E-state index in [0.717, 1.165) is 30.7 Å². The predicted octanol–water partition coefficient (Wildman–Crippen LogP) is 2.75. The van der Waals surface area contributed by atoms with Gasteiger partial charge >= 0.3 is 0 Å². The van der Waals surface area contributed by atoms with E-state index < -0.39 is 0 Å². The summed E-state index contributed by atoms with van der Waals surface area (Å²) < 4.78 is 5.28. The van der Waals surface area contributed by atoms with Crippen molar-refractivity contribution < 1.29 is 14.4 Å². The molecule has 1 aliphatic rings. The molecule has 1 heterocycles. The van der Waals surface area contributed by atoms with Gasteiger partial charge in [0, 0.05) is 17.0 Å². The first-order valence-electron chi connectivity index (χ1n) is 8.42. The third kappa shape index (κ3) is 4.00. The Labute approximate surface area is 141 Å². The van der Waals surface area contributed by atoms with Crippen molar-refractivity contribution in [2.75, 3.05) is 6.61 Å². The summed E-state index contributed by atoms with van der Waals surface area (Å²) in [5, 5.41) is 16.2. The van der Waals surface area contributed by atoms with Crippen molar-refractivity contribution in [2.24, 2.45) is 5.92 Å². The van der Waals surface area contributed by atoms with Crippen molar-refractivity contribution in [1.29, 1.82) is 0 Å². The number of aliphatic hydroxyl groups is 1. The molecule has 1 aromatic carbocycles. The van der Waals surface area contributed by atoms with E-state index in [9.17, 15) is 9.90 Å². The van der Waals surface area contributed by atoms with Crippen LogP contribution in [0.3, 0.4) is 0 Å². The molecule has 128 valence electrons. The molecule has 1 saturated carbocycles. The van der Waals surface area contributed by atoms with Crippen molar-refractivity contribution in [3.8, 4) is 11.5 Å². The summed E-state index contributed by atoms with van der Waals surface area (Å²) in [4.78, 5) is 16.7. The van der Waals surface area contributed by atoms with Crippen LogP contribution in [0.4, 0.5) is 0 Å². The molecular weight excluding hydrogens is 306 g/mol. The molecule has 0 radical (unpaired) electrons. The van der Waals surface area contributed by atoms with Crippen LogP contribution in [0.25, 0.3) is 11.5 Å². The average molecular weight is 329 g/mol. The first-order valence-corrected chi connectivity index (χ1v) is 8.42. The van der Waals surface area contributed by atoms with Crippen LogP contribution in [0, 0.1) is 5.92 Å². The highest BCUT2D eigenvalue weighted by molar-refractivity contribution is 5.94. The highest BCUT2D eigenvalue weighted by Crippen LogP contribution is 2.38. The van der Waals surface area contributed by atoms with Gasteiger partial charge in [-0.1, -0.05) is 19.0 Å². The number of nitrogens with zero attached hydrogens (tertiary/aromatic N) is 2. The van der Waals surface area contributed by atoms with Gasteiger partial charge in [0.25, 0.3) is 11.8 Å². The lowest BCUT2D eigenvalue weighted by Crippen LogP contribution is -2.38. The second-order valence-corrected chi connectivity index (χ2v) is 6.79. The van der Waals surface area contributed by atoms with Gasteiger partial charge in [-0.3, -0.25) is 4.79 Å². The maximum absolute atomic E-state index is 12.3. The zero-order valence-electron chi connectivity index (χ0n) is 14.0. The number of aliphatic hydroxyl groups excluding tert-OH is 1. The Morgan fingerprint density at radius 3 is 2.62 bits per heavy atom. The molecule has 3 rings (SSSR count). The maximum atomic E-state index is 12.3. The number of carbonyl (C=O) groups is 1. The lowest BCUT2D eigenvalue weighted by atomic mass is 10.0. The minimum absolute atomic E-state index is 0.0616. The minimum atomic E-state index is -0.228. The van der Waals surface area contributed by atoms with Crippen LogP contribution < -0.4 is 5.32 Å². The van der Waals surface area contributed by atoms with Crippen LogP contribution in [0.1, 0.15) is 55.2 Å².